The Morgan fingerprint density at radius 3 is 2.03 bits per heavy atom. The molecule has 3 aromatic carbocycles. The van der Waals surface area contributed by atoms with Crippen LogP contribution in [0.5, 0.6) is 0 Å². The second kappa shape index (κ2) is 9.87. The largest absolute Gasteiger partial charge is 0.512 e. The molecule has 0 saturated heterocycles. The van der Waals surface area contributed by atoms with E-state index in [-0.39, 0.29) is 17.9 Å². The summed E-state index contributed by atoms with van der Waals surface area (Å²) in [5.74, 6) is -0.780. The Morgan fingerprint density at radius 1 is 0.909 bits per heavy atom. The molecule has 1 aromatic heterocycles. The monoisotopic (exact) mass is 437 g/mol. The van der Waals surface area contributed by atoms with Gasteiger partial charge >= 0.3 is 5.97 Å². The lowest BCUT2D eigenvalue weighted by atomic mass is 10.0. The molecule has 0 amide bonds. The molecule has 0 radical (unpaired) electrons. The predicted octanol–water partition coefficient (Wildman–Crippen LogP) is 6.06. The van der Waals surface area contributed by atoms with Gasteiger partial charge in [-0.05, 0) is 32.0 Å². The second-order valence-electron chi connectivity index (χ2n) is 7.30. The molecule has 0 atom stereocenters. The molecule has 1 heterocycles. The van der Waals surface area contributed by atoms with E-state index in [1.807, 2.05) is 66.7 Å². The molecule has 0 aliphatic rings. The highest BCUT2D eigenvalue weighted by atomic mass is 16.5. The zero-order valence-electron chi connectivity index (χ0n) is 18.4. The second-order valence-corrected chi connectivity index (χ2v) is 7.30. The fourth-order valence-electron chi connectivity index (χ4n) is 3.36. The molecule has 0 saturated carbocycles. The molecule has 0 aliphatic heterocycles. The molecular formula is C27H23N3O3. The van der Waals surface area contributed by atoms with E-state index in [0.717, 1.165) is 28.0 Å². The quantitative estimate of drug-likeness (QED) is 0.171. The van der Waals surface area contributed by atoms with Crippen LogP contribution in [-0.4, -0.2) is 33.9 Å². The van der Waals surface area contributed by atoms with Gasteiger partial charge in [-0.2, -0.15) is 0 Å². The third kappa shape index (κ3) is 4.96. The fourth-order valence-corrected chi connectivity index (χ4v) is 3.36. The lowest BCUT2D eigenvalue weighted by Crippen LogP contribution is -2.10. The maximum Gasteiger partial charge on any atom is 0.343 e. The van der Waals surface area contributed by atoms with Crippen molar-refractivity contribution in [1.82, 2.24) is 9.97 Å². The molecule has 6 nitrogen and oxygen atoms in total. The summed E-state index contributed by atoms with van der Waals surface area (Å²) in [6.07, 6.45) is 1.30. The lowest BCUT2D eigenvalue weighted by Gasteiger charge is -2.11. The van der Waals surface area contributed by atoms with Gasteiger partial charge in [-0.3, -0.25) is 4.99 Å². The number of hydrogen-bond acceptors (Lipinski definition) is 6. The Kier molecular flexibility index (Phi) is 6.55. The number of ether oxygens (including phenoxy) is 1. The number of aromatic nitrogens is 2. The van der Waals surface area contributed by atoms with E-state index in [0.29, 0.717) is 11.2 Å². The van der Waals surface area contributed by atoms with Crippen molar-refractivity contribution in [2.24, 2.45) is 4.99 Å². The summed E-state index contributed by atoms with van der Waals surface area (Å²) in [5, 5.41) is 9.83. The molecule has 1 N–H and O–H groups in total. The Hall–Kier alpha value is -4.32. The standard InChI is InChI=1S/C27H23N3O3/c1-3-33-27(32)22(18(2)31)17-28-21-14-15-23-24(16-21)30-26(20-12-8-5-9-13-20)25(29-23)19-10-6-4-7-11-19/h4-17,31H,3H2,1-2H3/b22-18+,28-17?. The van der Waals surface area contributed by atoms with Gasteiger partial charge in [0.25, 0.3) is 0 Å². The lowest BCUT2D eigenvalue weighted by molar-refractivity contribution is -0.138. The Balaban J connectivity index is 1.80. The number of benzene rings is 3. The van der Waals surface area contributed by atoms with Crippen LogP contribution >= 0.6 is 0 Å². The van der Waals surface area contributed by atoms with Crippen LogP contribution in [0.1, 0.15) is 13.8 Å². The van der Waals surface area contributed by atoms with Crippen LogP contribution in [0.2, 0.25) is 0 Å². The summed E-state index contributed by atoms with van der Waals surface area (Å²) in [7, 11) is 0. The molecule has 33 heavy (non-hydrogen) atoms. The van der Waals surface area contributed by atoms with Gasteiger partial charge in [0.05, 0.1) is 34.7 Å². The number of aliphatic imine (C=N–C) groups is 1. The molecule has 4 aromatic rings. The van der Waals surface area contributed by atoms with Gasteiger partial charge in [0.1, 0.15) is 11.3 Å². The van der Waals surface area contributed by atoms with Crippen molar-refractivity contribution >= 4 is 28.9 Å². The number of aliphatic hydroxyl groups is 1. The minimum Gasteiger partial charge on any atom is -0.512 e. The highest BCUT2D eigenvalue weighted by molar-refractivity contribution is 6.10. The molecule has 4 rings (SSSR count). The predicted molar refractivity (Wildman–Crippen MR) is 131 cm³/mol. The number of esters is 1. The van der Waals surface area contributed by atoms with Crippen LogP contribution in [0.4, 0.5) is 5.69 Å². The first-order valence-electron chi connectivity index (χ1n) is 10.6. The topological polar surface area (TPSA) is 84.7 Å². The van der Waals surface area contributed by atoms with Crippen LogP contribution in [0.25, 0.3) is 33.5 Å². The third-order valence-electron chi connectivity index (χ3n) is 4.97. The minimum atomic E-state index is -0.624. The van der Waals surface area contributed by atoms with Gasteiger partial charge in [-0.1, -0.05) is 60.7 Å². The van der Waals surface area contributed by atoms with Crippen LogP contribution in [-0.2, 0) is 9.53 Å². The average molecular weight is 437 g/mol. The first-order chi connectivity index (χ1) is 16.1. The van der Waals surface area contributed by atoms with Crippen molar-refractivity contribution in [3.05, 3.63) is 90.2 Å². The van der Waals surface area contributed by atoms with E-state index >= 15 is 0 Å². The fraction of sp³-hybridized carbons (Fsp3) is 0.111. The van der Waals surface area contributed by atoms with Gasteiger partial charge in [0.2, 0.25) is 0 Å². The van der Waals surface area contributed by atoms with Crippen molar-refractivity contribution in [1.29, 1.82) is 0 Å². The van der Waals surface area contributed by atoms with Crippen molar-refractivity contribution in [2.45, 2.75) is 13.8 Å². The SMILES string of the molecule is CCOC(=O)/C(C=Nc1ccc2nc(-c3ccccc3)c(-c3ccccc3)nc2c1)=C(\C)O. The smallest absolute Gasteiger partial charge is 0.343 e. The van der Waals surface area contributed by atoms with Crippen LogP contribution in [0.15, 0.2) is 95.2 Å². The molecule has 0 spiro atoms. The number of rotatable bonds is 6. The van der Waals surface area contributed by atoms with Gasteiger partial charge in [-0.25, -0.2) is 14.8 Å². The van der Waals surface area contributed by atoms with E-state index in [1.54, 1.807) is 19.1 Å². The summed E-state index contributed by atoms with van der Waals surface area (Å²) >= 11 is 0. The maximum absolute atomic E-state index is 12.0. The molecule has 0 fully saturated rings. The van der Waals surface area contributed by atoms with Gasteiger partial charge in [0, 0.05) is 17.3 Å². The van der Waals surface area contributed by atoms with Crippen LogP contribution < -0.4 is 0 Å². The van der Waals surface area contributed by atoms with Crippen molar-refractivity contribution < 1.29 is 14.6 Å². The number of fused-ring (bicyclic) bond motifs is 1. The number of nitrogens with zero attached hydrogens (tertiary/aromatic N) is 3. The zero-order valence-corrected chi connectivity index (χ0v) is 18.4. The van der Waals surface area contributed by atoms with E-state index < -0.39 is 5.97 Å². The van der Waals surface area contributed by atoms with Gasteiger partial charge in [-0.15, -0.1) is 0 Å². The molecule has 0 bridgehead atoms. The number of carbonyl (C=O) groups is 1. The first kappa shape index (κ1) is 21.9. The molecule has 0 aliphatic carbocycles. The van der Waals surface area contributed by atoms with Gasteiger partial charge < -0.3 is 9.84 Å². The highest BCUT2D eigenvalue weighted by Crippen LogP contribution is 2.31. The Morgan fingerprint density at radius 2 is 1.48 bits per heavy atom. The van der Waals surface area contributed by atoms with E-state index in [9.17, 15) is 9.90 Å². The maximum atomic E-state index is 12.0. The van der Waals surface area contributed by atoms with E-state index in [1.165, 1.54) is 13.1 Å². The van der Waals surface area contributed by atoms with Crippen LogP contribution in [0.3, 0.4) is 0 Å². The average Bonchev–Trinajstić information content (AvgIpc) is 2.84. The Bertz CT molecular complexity index is 1340. The zero-order chi connectivity index (χ0) is 23.2. The molecule has 164 valence electrons. The van der Waals surface area contributed by atoms with E-state index in [4.69, 9.17) is 14.7 Å². The number of allylic oxidation sites excluding steroid dienone is 1. The van der Waals surface area contributed by atoms with Crippen molar-refractivity contribution in [3.63, 3.8) is 0 Å². The summed E-state index contributed by atoms with van der Waals surface area (Å²) in [6.45, 7) is 3.33. The first-order valence-corrected chi connectivity index (χ1v) is 10.6. The highest BCUT2D eigenvalue weighted by Gasteiger charge is 2.14. The summed E-state index contributed by atoms with van der Waals surface area (Å²) in [5.41, 5.74) is 5.50. The summed E-state index contributed by atoms with van der Waals surface area (Å²) < 4.78 is 4.97. The minimum absolute atomic E-state index is 0.00688. The van der Waals surface area contributed by atoms with Gasteiger partial charge in [0.15, 0.2) is 0 Å². The summed E-state index contributed by atoms with van der Waals surface area (Å²) in [6, 6.07) is 25.3. The normalized spacial score (nSPS) is 12.1. The van der Waals surface area contributed by atoms with Crippen LogP contribution in [0, 0.1) is 0 Å². The molecule has 0 unspecified atom stereocenters. The number of carbonyl (C=O) groups excluding carboxylic acids is 1. The van der Waals surface area contributed by atoms with Crippen molar-refractivity contribution in [2.75, 3.05) is 6.61 Å². The summed E-state index contributed by atoms with van der Waals surface area (Å²) in [4.78, 5) is 26.2. The number of aliphatic hydroxyl groups excluding tert-OH is 1. The molecular weight excluding hydrogens is 414 g/mol. The number of hydrogen-bond donors (Lipinski definition) is 1. The Labute approximate surface area is 191 Å². The molecule has 6 heteroatoms. The third-order valence-corrected chi connectivity index (χ3v) is 4.97. The van der Waals surface area contributed by atoms with E-state index in [2.05, 4.69) is 4.99 Å². The van der Waals surface area contributed by atoms with Crippen molar-refractivity contribution in [3.8, 4) is 22.5 Å².